The lowest BCUT2D eigenvalue weighted by atomic mass is 10.2. The van der Waals surface area contributed by atoms with Crippen molar-refractivity contribution in [2.24, 2.45) is 4.51 Å². The first kappa shape index (κ1) is 6.23. The van der Waals surface area contributed by atoms with Crippen LogP contribution in [0.1, 0.15) is 0 Å². The summed E-state index contributed by atoms with van der Waals surface area (Å²) >= 11 is 4.38. The van der Waals surface area contributed by atoms with Gasteiger partial charge in [0.05, 0.1) is 0 Å². The number of allylic oxidation sites excluding steroid dienone is 4. The molecule has 0 spiro atoms. The Morgan fingerprint density at radius 3 is 2.22 bits per heavy atom. The van der Waals surface area contributed by atoms with Crippen LogP contribution in [-0.2, 0) is 4.79 Å². The van der Waals surface area contributed by atoms with Gasteiger partial charge in [-0.05, 0) is 24.3 Å². The van der Waals surface area contributed by atoms with Gasteiger partial charge in [-0.25, -0.2) is 0 Å². The second kappa shape index (κ2) is 2.60. The number of hydrogen-bond donors (Lipinski definition) is 0. The van der Waals surface area contributed by atoms with Crippen molar-refractivity contribution in [2.45, 2.75) is 0 Å². The second-order valence-electron chi connectivity index (χ2n) is 1.59. The molecule has 0 radical (unpaired) electrons. The summed E-state index contributed by atoms with van der Waals surface area (Å²) in [6.45, 7) is 0. The van der Waals surface area contributed by atoms with Gasteiger partial charge in [0.15, 0.2) is 5.78 Å². The fourth-order valence-electron chi connectivity index (χ4n) is 0.507. The zero-order valence-electron chi connectivity index (χ0n) is 4.57. The van der Waals surface area contributed by atoms with Crippen LogP contribution in [0.15, 0.2) is 28.8 Å². The van der Waals surface area contributed by atoms with Crippen LogP contribution < -0.4 is 0 Å². The van der Waals surface area contributed by atoms with E-state index in [1.54, 1.807) is 12.2 Å². The molecule has 0 N–H and O–H groups in total. The number of nitrogens with zero attached hydrogens (tertiary/aromatic N) is 1. The number of hydrogen-bond acceptors (Lipinski definition) is 2. The van der Waals surface area contributed by atoms with Gasteiger partial charge in [0, 0.05) is 4.51 Å². The topological polar surface area (TPSA) is 29.4 Å². The van der Waals surface area contributed by atoms with Crippen molar-refractivity contribution < 1.29 is 16.6 Å². The van der Waals surface area contributed by atoms with Crippen molar-refractivity contribution in [1.29, 1.82) is 0 Å². The summed E-state index contributed by atoms with van der Waals surface area (Å²) in [6, 6.07) is 0. The van der Waals surface area contributed by atoms with Crippen LogP contribution in [0.5, 0.6) is 0 Å². The fourth-order valence-corrected chi connectivity index (χ4v) is 0.629. The first-order valence-electron chi connectivity index (χ1n) is 2.43. The molecule has 46 valence electrons. The maximum absolute atomic E-state index is 10.5. The first-order chi connectivity index (χ1) is 4.33. The minimum Gasteiger partial charge on any atom is -0.290 e. The third-order valence-electron chi connectivity index (χ3n) is 0.942. The van der Waals surface area contributed by atoms with Crippen molar-refractivity contribution in [3.05, 3.63) is 24.3 Å². The van der Waals surface area contributed by atoms with E-state index in [9.17, 15) is 4.79 Å². The lowest BCUT2D eigenvalue weighted by molar-refractivity contribution is -0.371. The summed E-state index contributed by atoms with van der Waals surface area (Å²) in [5, 5.41) is 0. The normalized spacial score (nSPS) is 16.6. The molecule has 0 atom stereocenters. The number of carbonyl (C=O) groups excluding carboxylic acids is 1. The largest absolute Gasteiger partial charge is 0.290 e. The summed E-state index contributed by atoms with van der Waals surface area (Å²) in [7, 11) is 0. The van der Waals surface area contributed by atoms with Gasteiger partial charge in [0.25, 0.3) is 11.8 Å². The van der Waals surface area contributed by atoms with Gasteiger partial charge in [0.2, 0.25) is 0 Å². The summed E-state index contributed by atoms with van der Waals surface area (Å²) in [6.07, 6.45) is 6.06. The molecule has 3 heteroatoms. The zero-order chi connectivity index (χ0) is 6.69. The molecule has 0 unspecified atom stereocenters. The van der Waals surface area contributed by atoms with E-state index in [4.69, 9.17) is 0 Å². The van der Waals surface area contributed by atoms with Crippen molar-refractivity contribution in [1.82, 2.24) is 0 Å². The predicted molar refractivity (Wildman–Crippen MR) is 32.1 cm³/mol. The Labute approximate surface area is 57.7 Å². The summed E-state index contributed by atoms with van der Waals surface area (Å²) in [5.74, 6) is -0.0163. The Morgan fingerprint density at radius 1 is 1.22 bits per heavy atom. The highest BCUT2D eigenvalue weighted by Crippen LogP contribution is 1.93. The van der Waals surface area contributed by atoms with E-state index in [2.05, 4.69) is 16.3 Å². The standard InChI is InChI=1S/C6H5ClNO/c7-8-5-1-3-6(9)4-2-5/h1-4,7H/q+1. The van der Waals surface area contributed by atoms with Crippen LogP contribution in [0, 0.1) is 11.8 Å². The number of carbonyl (C=O) groups is 1. The smallest absolute Gasteiger partial charge is 0.285 e. The van der Waals surface area contributed by atoms with E-state index >= 15 is 0 Å². The highest BCUT2D eigenvalue weighted by molar-refractivity contribution is 6.16. The molecule has 0 aromatic carbocycles. The minimum atomic E-state index is -0.0163. The second-order valence-corrected chi connectivity index (χ2v) is 1.77. The molecule has 0 fully saturated rings. The van der Waals surface area contributed by atoms with Gasteiger partial charge in [-0.15, -0.1) is 0 Å². The summed E-state index contributed by atoms with van der Waals surface area (Å²) < 4.78 is 3.46. The van der Waals surface area contributed by atoms with Crippen molar-refractivity contribution in [3.8, 4) is 0 Å². The van der Waals surface area contributed by atoms with Crippen LogP contribution >= 0.6 is 0 Å². The van der Waals surface area contributed by atoms with E-state index in [1.165, 1.54) is 12.2 Å². The van der Waals surface area contributed by atoms with Gasteiger partial charge in [-0.2, -0.15) is 0 Å². The van der Waals surface area contributed by atoms with E-state index in [0.29, 0.717) is 5.71 Å². The molecule has 2 nitrogen and oxygen atoms in total. The van der Waals surface area contributed by atoms with Crippen LogP contribution in [0.2, 0.25) is 0 Å². The number of ketones is 1. The number of rotatable bonds is 0. The minimum absolute atomic E-state index is 0.0163. The molecule has 0 aliphatic heterocycles. The number of halogens is 1. The Balaban J connectivity index is 2.82. The van der Waals surface area contributed by atoms with Crippen LogP contribution in [0.3, 0.4) is 0 Å². The Hall–Kier alpha value is -0.890. The maximum atomic E-state index is 10.5. The molecule has 0 aromatic heterocycles. The quantitative estimate of drug-likeness (QED) is 0.448. The van der Waals surface area contributed by atoms with Crippen LogP contribution in [0.4, 0.5) is 0 Å². The molecule has 0 saturated heterocycles. The van der Waals surface area contributed by atoms with E-state index in [0.717, 1.165) is 0 Å². The van der Waals surface area contributed by atoms with Gasteiger partial charge >= 0.3 is 0 Å². The zero-order valence-corrected chi connectivity index (χ0v) is 5.39. The van der Waals surface area contributed by atoms with Gasteiger partial charge in [-0.1, -0.05) is 0 Å². The predicted octanol–water partition coefficient (Wildman–Crippen LogP) is 0.319. The fraction of sp³-hybridized carbons (Fsp3) is 0. The molecule has 1 rings (SSSR count). The Morgan fingerprint density at radius 2 is 1.78 bits per heavy atom. The monoisotopic (exact) mass is 142 g/mol. The Kier molecular flexibility index (Phi) is 1.80. The highest BCUT2D eigenvalue weighted by Gasteiger charge is 1.99. The summed E-state index contributed by atoms with van der Waals surface area (Å²) in [5.41, 5.74) is 0.657. The molecular weight excluding hydrogens is 138 g/mol. The van der Waals surface area contributed by atoms with Crippen molar-refractivity contribution >= 4 is 11.5 Å². The van der Waals surface area contributed by atoms with Gasteiger partial charge in [-0.3, -0.25) is 4.79 Å². The third kappa shape index (κ3) is 1.50. The molecule has 0 bridgehead atoms. The molecule has 1 aliphatic carbocycles. The first-order valence-corrected chi connectivity index (χ1v) is 2.80. The van der Waals surface area contributed by atoms with Crippen molar-refractivity contribution in [3.63, 3.8) is 0 Å². The highest BCUT2D eigenvalue weighted by atomic mass is 35.5. The molecule has 1 aliphatic rings. The van der Waals surface area contributed by atoms with Crippen LogP contribution in [0.25, 0.3) is 0 Å². The molecule has 0 saturated carbocycles. The van der Waals surface area contributed by atoms with Crippen LogP contribution in [-0.4, -0.2) is 11.5 Å². The van der Waals surface area contributed by atoms with E-state index < -0.39 is 0 Å². The third-order valence-corrected chi connectivity index (χ3v) is 1.15. The average Bonchev–Trinajstić information content (AvgIpc) is 1.90. The average molecular weight is 143 g/mol. The molecule has 0 aromatic rings. The molecule has 0 heterocycles. The lowest BCUT2D eigenvalue weighted by Gasteiger charge is -1.89. The molecule has 9 heavy (non-hydrogen) atoms. The van der Waals surface area contributed by atoms with Gasteiger partial charge in [0.1, 0.15) is 5.71 Å². The maximum Gasteiger partial charge on any atom is 0.285 e. The Bertz CT molecular complexity index is 197. The van der Waals surface area contributed by atoms with Crippen molar-refractivity contribution in [2.75, 3.05) is 0 Å². The summed E-state index contributed by atoms with van der Waals surface area (Å²) in [4.78, 5) is 10.5. The van der Waals surface area contributed by atoms with E-state index in [-0.39, 0.29) is 5.78 Å². The van der Waals surface area contributed by atoms with E-state index in [1.807, 2.05) is 0 Å². The molecule has 0 amide bonds. The SMILES string of the molecule is O=C1C=CC(=N[ClH+])C=C1. The van der Waals surface area contributed by atoms with Gasteiger partial charge < -0.3 is 0 Å². The lowest BCUT2D eigenvalue weighted by Crippen LogP contribution is -1.97. The molecular formula is C6H5ClNO+.